The van der Waals surface area contributed by atoms with Crippen molar-refractivity contribution in [2.45, 2.75) is 19.9 Å². The molecule has 0 fully saturated rings. The van der Waals surface area contributed by atoms with Crippen molar-refractivity contribution in [3.8, 4) is 22.9 Å². The Bertz CT molecular complexity index is 1250. The van der Waals surface area contributed by atoms with Crippen molar-refractivity contribution in [2.75, 3.05) is 6.61 Å². The van der Waals surface area contributed by atoms with Gasteiger partial charge in [-0.3, -0.25) is 25.2 Å². The molecule has 0 spiro atoms. The lowest BCUT2D eigenvalue weighted by molar-refractivity contribution is -0.131. The molecule has 1 atom stereocenters. The number of halogens is 1. The van der Waals surface area contributed by atoms with Gasteiger partial charge in [-0.2, -0.15) is 5.26 Å². The second-order valence-electron chi connectivity index (χ2n) is 8.24. The Labute approximate surface area is 208 Å². The average Bonchev–Trinajstić information content (AvgIpc) is 2.89. The van der Waals surface area contributed by atoms with E-state index in [0.29, 0.717) is 11.3 Å². The van der Waals surface area contributed by atoms with Crippen LogP contribution in [0.3, 0.4) is 0 Å². The molecule has 0 aliphatic heterocycles. The van der Waals surface area contributed by atoms with Crippen LogP contribution in [0.5, 0.6) is 5.75 Å². The Morgan fingerprint density at radius 2 is 1.47 bits per heavy atom. The predicted molar refractivity (Wildman–Crippen MR) is 131 cm³/mol. The van der Waals surface area contributed by atoms with Crippen molar-refractivity contribution in [3.63, 3.8) is 0 Å². The molecule has 0 radical (unpaired) electrons. The third-order valence-corrected chi connectivity index (χ3v) is 5.24. The summed E-state index contributed by atoms with van der Waals surface area (Å²) < 4.78 is 18.5. The summed E-state index contributed by atoms with van der Waals surface area (Å²) in [5, 5.41) is 11.5. The Morgan fingerprint density at radius 3 is 2.03 bits per heavy atom. The number of nitriles is 1. The summed E-state index contributed by atoms with van der Waals surface area (Å²) in [7, 11) is 0. The van der Waals surface area contributed by atoms with Gasteiger partial charge in [0.1, 0.15) is 17.6 Å². The highest BCUT2D eigenvalue weighted by atomic mass is 19.1. The van der Waals surface area contributed by atoms with Crippen LogP contribution in [0.1, 0.15) is 29.8 Å². The number of ether oxygens (including phenoxy) is 1. The maximum Gasteiger partial charge on any atom is 0.276 e. The third kappa shape index (κ3) is 7.14. The van der Waals surface area contributed by atoms with Gasteiger partial charge in [-0.05, 0) is 65.6 Å². The molecule has 8 nitrogen and oxygen atoms in total. The van der Waals surface area contributed by atoms with Crippen molar-refractivity contribution in [1.29, 1.82) is 5.26 Å². The molecule has 0 bridgehead atoms. The van der Waals surface area contributed by atoms with E-state index in [9.17, 15) is 18.8 Å². The predicted octanol–water partition coefficient (Wildman–Crippen LogP) is 3.35. The second kappa shape index (κ2) is 12.1. The first-order valence-electron chi connectivity index (χ1n) is 11.2. The molecule has 3 amide bonds. The Balaban J connectivity index is 1.48. The quantitative estimate of drug-likeness (QED) is 0.420. The van der Waals surface area contributed by atoms with Crippen molar-refractivity contribution in [1.82, 2.24) is 16.2 Å². The summed E-state index contributed by atoms with van der Waals surface area (Å²) in [6.07, 6.45) is 0. The van der Waals surface area contributed by atoms with Gasteiger partial charge in [0.2, 0.25) is 0 Å². The highest BCUT2D eigenvalue weighted by Gasteiger charge is 2.25. The molecule has 0 aliphatic carbocycles. The molecule has 36 heavy (non-hydrogen) atoms. The number of nitrogens with zero attached hydrogens (tertiary/aromatic N) is 1. The number of amides is 3. The minimum absolute atomic E-state index is 0.206. The monoisotopic (exact) mass is 488 g/mol. The van der Waals surface area contributed by atoms with Gasteiger partial charge in [0, 0.05) is 5.56 Å². The summed E-state index contributed by atoms with van der Waals surface area (Å²) in [5.74, 6) is -2.04. The largest absolute Gasteiger partial charge is 0.484 e. The van der Waals surface area contributed by atoms with Crippen molar-refractivity contribution >= 4 is 17.7 Å². The molecular formula is C27H25FN4O4. The molecule has 1 unspecified atom stereocenters. The Kier molecular flexibility index (Phi) is 8.73. The first-order valence-corrected chi connectivity index (χ1v) is 11.2. The smallest absolute Gasteiger partial charge is 0.276 e. The van der Waals surface area contributed by atoms with Gasteiger partial charge in [0.05, 0.1) is 11.6 Å². The van der Waals surface area contributed by atoms with Gasteiger partial charge < -0.3 is 10.1 Å². The maximum absolute atomic E-state index is 13.1. The van der Waals surface area contributed by atoms with Gasteiger partial charge in [0.15, 0.2) is 6.61 Å². The number of carbonyl (C=O) groups excluding carboxylic acids is 3. The van der Waals surface area contributed by atoms with Gasteiger partial charge in [-0.15, -0.1) is 0 Å². The Hall–Kier alpha value is -4.71. The summed E-state index contributed by atoms with van der Waals surface area (Å²) in [6, 6.07) is 20.3. The van der Waals surface area contributed by atoms with Gasteiger partial charge in [0.25, 0.3) is 17.7 Å². The zero-order valence-electron chi connectivity index (χ0n) is 19.7. The molecule has 3 N–H and O–H groups in total. The van der Waals surface area contributed by atoms with E-state index in [1.807, 2.05) is 24.3 Å². The zero-order chi connectivity index (χ0) is 26.1. The van der Waals surface area contributed by atoms with Crippen LogP contribution < -0.4 is 20.9 Å². The lowest BCUT2D eigenvalue weighted by atomic mass is 10.0. The van der Waals surface area contributed by atoms with Gasteiger partial charge in [-0.1, -0.05) is 38.1 Å². The van der Waals surface area contributed by atoms with E-state index in [0.717, 1.165) is 23.3 Å². The number of carbonyl (C=O) groups is 3. The van der Waals surface area contributed by atoms with Crippen LogP contribution in [0.2, 0.25) is 0 Å². The van der Waals surface area contributed by atoms with E-state index in [1.165, 1.54) is 12.1 Å². The normalized spacial score (nSPS) is 11.2. The zero-order valence-corrected chi connectivity index (χ0v) is 19.7. The van der Waals surface area contributed by atoms with Crippen LogP contribution in [0.25, 0.3) is 11.1 Å². The summed E-state index contributed by atoms with van der Waals surface area (Å²) in [6.45, 7) is 3.13. The summed E-state index contributed by atoms with van der Waals surface area (Å²) in [5.41, 5.74) is 7.20. The third-order valence-electron chi connectivity index (χ3n) is 5.24. The maximum atomic E-state index is 13.1. The molecule has 0 aliphatic rings. The van der Waals surface area contributed by atoms with Gasteiger partial charge >= 0.3 is 0 Å². The molecule has 3 aromatic rings. The number of benzene rings is 3. The summed E-state index contributed by atoms with van der Waals surface area (Å²) in [4.78, 5) is 37.1. The molecule has 0 aromatic heterocycles. The molecule has 0 heterocycles. The Morgan fingerprint density at radius 1 is 0.889 bits per heavy atom. The van der Waals surface area contributed by atoms with E-state index in [1.54, 1.807) is 38.1 Å². The van der Waals surface area contributed by atoms with Crippen LogP contribution in [-0.2, 0) is 9.59 Å². The van der Waals surface area contributed by atoms with Gasteiger partial charge in [-0.25, -0.2) is 4.39 Å². The van der Waals surface area contributed by atoms with Crippen LogP contribution >= 0.6 is 0 Å². The molecule has 184 valence electrons. The number of hydrogen-bond acceptors (Lipinski definition) is 5. The van der Waals surface area contributed by atoms with Crippen LogP contribution in [0.4, 0.5) is 4.39 Å². The fraction of sp³-hybridized carbons (Fsp3) is 0.185. The standard InChI is InChI=1S/C27H25FN4O4/c1-17(2)25(30-26(34)21-7-11-22(28)12-8-21)27(35)32-31-24(33)16-36-23-13-9-20(10-14-23)19-5-3-18(15-29)4-6-19/h3-14,17,25H,16H2,1-2H3,(H,30,34)(H,31,33)(H,32,35). The fourth-order valence-corrected chi connectivity index (χ4v) is 3.24. The molecule has 9 heteroatoms. The molecular weight excluding hydrogens is 463 g/mol. The number of rotatable bonds is 8. The van der Waals surface area contributed by atoms with E-state index >= 15 is 0 Å². The highest BCUT2D eigenvalue weighted by molar-refractivity contribution is 5.97. The molecule has 0 saturated carbocycles. The minimum Gasteiger partial charge on any atom is -0.484 e. The topological polar surface area (TPSA) is 120 Å². The van der Waals surface area contributed by atoms with E-state index < -0.39 is 29.6 Å². The molecule has 0 saturated heterocycles. The minimum atomic E-state index is -0.932. The van der Waals surface area contributed by atoms with Crippen molar-refractivity contribution in [3.05, 3.63) is 89.7 Å². The van der Waals surface area contributed by atoms with Crippen molar-refractivity contribution in [2.24, 2.45) is 5.92 Å². The number of nitrogens with one attached hydrogen (secondary N) is 3. The fourth-order valence-electron chi connectivity index (χ4n) is 3.24. The molecule has 3 aromatic carbocycles. The summed E-state index contributed by atoms with van der Waals surface area (Å²) >= 11 is 0. The van der Waals surface area contributed by atoms with E-state index in [4.69, 9.17) is 10.00 Å². The highest BCUT2D eigenvalue weighted by Crippen LogP contribution is 2.22. The average molecular weight is 489 g/mol. The van der Waals surface area contributed by atoms with E-state index in [-0.39, 0.29) is 18.1 Å². The van der Waals surface area contributed by atoms with Crippen LogP contribution in [0, 0.1) is 23.1 Å². The molecule has 3 rings (SSSR count). The van der Waals surface area contributed by atoms with Crippen LogP contribution in [-0.4, -0.2) is 30.4 Å². The number of hydrogen-bond donors (Lipinski definition) is 3. The van der Waals surface area contributed by atoms with E-state index in [2.05, 4.69) is 22.2 Å². The lowest BCUT2D eigenvalue weighted by Crippen LogP contribution is -2.55. The first kappa shape index (κ1) is 25.9. The van der Waals surface area contributed by atoms with Crippen LogP contribution in [0.15, 0.2) is 72.8 Å². The SMILES string of the molecule is CC(C)C(NC(=O)c1ccc(F)cc1)C(=O)NNC(=O)COc1ccc(-c2ccc(C#N)cc2)cc1. The lowest BCUT2D eigenvalue weighted by Gasteiger charge is -2.22. The second-order valence-corrected chi connectivity index (χ2v) is 8.24. The number of hydrazine groups is 1. The van der Waals surface area contributed by atoms with Crippen molar-refractivity contribution < 1.29 is 23.5 Å². The first-order chi connectivity index (χ1) is 17.3.